The van der Waals surface area contributed by atoms with E-state index in [1.165, 1.54) is 19.3 Å². The molecule has 2 atom stereocenters. The first-order valence-electron chi connectivity index (χ1n) is 9.16. The number of carbonyl (C=O) groups excluding carboxylic acids is 1. The van der Waals surface area contributed by atoms with Crippen LogP contribution in [0.4, 0.5) is 0 Å². The zero-order valence-electron chi connectivity index (χ0n) is 14.3. The van der Waals surface area contributed by atoms with Crippen LogP contribution < -0.4 is 10.6 Å². The van der Waals surface area contributed by atoms with Gasteiger partial charge in [-0.05, 0) is 62.3 Å². The number of allylic oxidation sites excluding steroid dienone is 2. The molecular weight excluding hydrogens is 300 g/mol. The number of ether oxygens (including phenoxy) is 1. The molecule has 1 amide bonds. The van der Waals surface area contributed by atoms with E-state index in [2.05, 4.69) is 28.9 Å². The molecule has 1 saturated heterocycles. The summed E-state index contributed by atoms with van der Waals surface area (Å²) in [6.07, 6.45) is 10.5. The van der Waals surface area contributed by atoms with E-state index in [4.69, 9.17) is 4.74 Å². The SMILES string of the molecule is O=C(NCC1CCCO1)c1cccc(CNCC2CC=CCC2)c1. The largest absolute Gasteiger partial charge is 0.376 e. The maximum absolute atomic E-state index is 12.3. The minimum atomic E-state index is -0.00947. The number of carbonyl (C=O) groups is 1. The van der Waals surface area contributed by atoms with Crippen LogP contribution in [0.3, 0.4) is 0 Å². The quantitative estimate of drug-likeness (QED) is 0.757. The number of hydrogen-bond donors (Lipinski definition) is 2. The van der Waals surface area contributed by atoms with Gasteiger partial charge >= 0.3 is 0 Å². The van der Waals surface area contributed by atoms with Gasteiger partial charge in [0, 0.05) is 25.3 Å². The number of benzene rings is 1. The molecule has 2 aliphatic rings. The van der Waals surface area contributed by atoms with Gasteiger partial charge in [0.2, 0.25) is 0 Å². The van der Waals surface area contributed by atoms with Crippen molar-refractivity contribution in [1.29, 1.82) is 0 Å². The van der Waals surface area contributed by atoms with E-state index in [0.717, 1.165) is 49.6 Å². The zero-order chi connectivity index (χ0) is 16.6. The van der Waals surface area contributed by atoms with Crippen LogP contribution in [0.1, 0.15) is 48.0 Å². The lowest BCUT2D eigenvalue weighted by Crippen LogP contribution is -2.31. The fourth-order valence-electron chi connectivity index (χ4n) is 3.40. The second kappa shape index (κ2) is 9.00. The Morgan fingerprint density at radius 3 is 2.96 bits per heavy atom. The Labute approximate surface area is 144 Å². The van der Waals surface area contributed by atoms with Crippen LogP contribution >= 0.6 is 0 Å². The van der Waals surface area contributed by atoms with Gasteiger partial charge in [-0.25, -0.2) is 0 Å². The second-order valence-electron chi connectivity index (χ2n) is 6.83. The van der Waals surface area contributed by atoms with Crippen LogP contribution in [0.5, 0.6) is 0 Å². The highest BCUT2D eigenvalue weighted by Gasteiger charge is 2.16. The average Bonchev–Trinajstić information content (AvgIpc) is 3.14. The van der Waals surface area contributed by atoms with Crippen LogP contribution in [-0.4, -0.2) is 31.7 Å². The molecule has 2 unspecified atom stereocenters. The molecule has 0 spiro atoms. The van der Waals surface area contributed by atoms with Crippen molar-refractivity contribution in [3.8, 4) is 0 Å². The molecule has 4 heteroatoms. The predicted molar refractivity (Wildman–Crippen MR) is 95.9 cm³/mol. The lowest BCUT2D eigenvalue weighted by molar-refractivity contribution is 0.0857. The third kappa shape index (κ3) is 5.18. The monoisotopic (exact) mass is 328 g/mol. The van der Waals surface area contributed by atoms with Crippen molar-refractivity contribution in [3.63, 3.8) is 0 Å². The van der Waals surface area contributed by atoms with E-state index >= 15 is 0 Å². The van der Waals surface area contributed by atoms with Gasteiger partial charge in [0.25, 0.3) is 5.91 Å². The molecule has 0 radical (unpaired) electrons. The third-order valence-electron chi connectivity index (χ3n) is 4.84. The summed E-state index contributed by atoms with van der Waals surface area (Å²) in [7, 11) is 0. The lowest BCUT2D eigenvalue weighted by atomic mass is 9.94. The van der Waals surface area contributed by atoms with Gasteiger partial charge in [-0.1, -0.05) is 24.3 Å². The van der Waals surface area contributed by atoms with E-state index in [0.29, 0.717) is 6.54 Å². The van der Waals surface area contributed by atoms with Crippen molar-refractivity contribution in [3.05, 3.63) is 47.5 Å². The fourth-order valence-corrected chi connectivity index (χ4v) is 3.40. The highest BCUT2D eigenvalue weighted by Crippen LogP contribution is 2.17. The molecule has 1 aromatic rings. The molecule has 1 fully saturated rings. The van der Waals surface area contributed by atoms with Crippen molar-refractivity contribution in [2.45, 2.75) is 44.8 Å². The number of amides is 1. The Hall–Kier alpha value is -1.65. The molecule has 0 aromatic heterocycles. The topological polar surface area (TPSA) is 50.4 Å². The smallest absolute Gasteiger partial charge is 0.251 e. The van der Waals surface area contributed by atoms with Gasteiger partial charge in [-0.2, -0.15) is 0 Å². The van der Waals surface area contributed by atoms with Crippen molar-refractivity contribution in [1.82, 2.24) is 10.6 Å². The summed E-state index contributed by atoms with van der Waals surface area (Å²) in [5.74, 6) is 0.734. The lowest BCUT2D eigenvalue weighted by Gasteiger charge is -2.18. The number of hydrogen-bond acceptors (Lipinski definition) is 3. The number of rotatable bonds is 7. The Morgan fingerprint density at radius 2 is 2.17 bits per heavy atom. The Morgan fingerprint density at radius 1 is 1.21 bits per heavy atom. The van der Waals surface area contributed by atoms with Crippen molar-refractivity contribution < 1.29 is 9.53 Å². The maximum Gasteiger partial charge on any atom is 0.251 e. The molecule has 3 rings (SSSR count). The van der Waals surface area contributed by atoms with Gasteiger partial charge in [0.1, 0.15) is 0 Å². The highest BCUT2D eigenvalue weighted by atomic mass is 16.5. The first-order valence-corrected chi connectivity index (χ1v) is 9.16. The third-order valence-corrected chi connectivity index (χ3v) is 4.84. The van der Waals surface area contributed by atoms with E-state index < -0.39 is 0 Å². The molecule has 1 aliphatic carbocycles. The Kier molecular flexibility index (Phi) is 6.44. The Bertz CT molecular complexity index is 565. The second-order valence-corrected chi connectivity index (χ2v) is 6.83. The predicted octanol–water partition coefficient (Wildman–Crippen LogP) is 3.04. The van der Waals surface area contributed by atoms with Crippen LogP contribution in [0.2, 0.25) is 0 Å². The van der Waals surface area contributed by atoms with E-state index in [-0.39, 0.29) is 12.0 Å². The van der Waals surface area contributed by atoms with Crippen molar-refractivity contribution >= 4 is 5.91 Å². The molecule has 130 valence electrons. The fraction of sp³-hybridized carbons (Fsp3) is 0.550. The van der Waals surface area contributed by atoms with Crippen LogP contribution in [-0.2, 0) is 11.3 Å². The summed E-state index contributed by atoms with van der Waals surface area (Å²) >= 11 is 0. The normalized spacial score (nSPS) is 23.3. The molecule has 24 heavy (non-hydrogen) atoms. The van der Waals surface area contributed by atoms with Crippen LogP contribution in [0.15, 0.2) is 36.4 Å². The summed E-state index contributed by atoms with van der Waals surface area (Å²) < 4.78 is 5.54. The Balaban J connectivity index is 1.44. The standard InChI is InChI=1S/C20H28N2O2/c23-20(22-15-19-10-5-11-24-19)18-9-4-8-17(12-18)14-21-13-16-6-2-1-3-7-16/h1-2,4,8-9,12,16,19,21H,3,5-7,10-11,13-15H2,(H,22,23). The molecule has 1 aliphatic heterocycles. The van der Waals surface area contributed by atoms with Gasteiger partial charge in [0.05, 0.1) is 6.10 Å². The minimum Gasteiger partial charge on any atom is -0.376 e. The molecular formula is C20H28N2O2. The summed E-state index contributed by atoms with van der Waals surface area (Å²) in [6.45, 7) is 3.28. The molecule has 0 saturated carbocycles. The maximum atomic E-state index is 12.3. The molecule has 0 bridgehead atoms. The summed E-state index contributed by atoms with van der Waals surface area (Å²) in [5, 5.41) is 6.51. The summed E-state index contributed by atoms with van der Waals surface area (Å²) in [5.41, 5.74) is 1.89. The van der Waals surface area contributed by atoms with Gasteiger partial charge in [-0.15, -0.1) is 0 Å². The van der Waals surface area contributed by atoms with E-state index in [1.54, 1.807) is 0 Å². The zero-order valence-corrected chi connectivity index (χ0v) is 14.3. The summed E-state index contributed by atoms with van der Waals surface area (Å²) in [4.78, 5) is 12.3. The van der Waals surface area contributed by atoms with Crippen molar-refractivity contribution in [2.75, 3.05) is 19.7 Å². The molecule has 4 nitrogen and oxygen atoms in total. The first kappa shape index (κ1) is 17.2. The van der Waals surface area contributed by atoms with E-state index in [1.807, 2.05) is 18.2 Å². The minimum absolute atomic E-state index is 0.00947. The van der Waals surface area contributed by atoms with Gasteiger partial charge in [-0.3, -0.25) is 4.79 Å². The first-order chi connectivity index (χ1) is 11.8. The highest BCUT2D eigenvalue weighted by molar-refractivity contribution is 5.94. The van der Waals surface area contributed by atoms with Gasteiger partial charge in [0.15, 0.2) is 0 Å². The molecule has 2 N–H and O–H groups in total. The summed E-state index contributed by atoms with van der Waals surface area (Å²) in [6, 6.07) is 7.89. The van der Waals surface area contributed by atoms with Gasteiger partial charge < -0.3 is 15.4 Å². The van der Waals surface area contributed by atoms with Crippen LogP contribution in [0.25, 0.3) is 0 Å². The van der Waals surface area contributed by atoms with Crippen molar-refractivity contribution in [2.24, 2.45) is 5.92 Å². The molecule has 1 aromatic carbocycles. The number of nitrogens with one attached hydrogen (secondary N) is 2. The van der Waals surface area contributed by atoms with E-state index in [9.17, 15) is 4.79 Å². The molecule has 1 heterocycles. The average molecular weight is 328 g/mol. The van der Waals surface area contributed by atoms with Crippen LogP contribution in [0, 0.1) is 5.92 Å².